The fraction of sp³-hybridized carbons (Fsp3) is 0.0690. The van der Waals surface area contributed by atoms with E-state index in [0.717, 1.165) is 9.87 Å². The smallest absolute Gasteiger partial charge is 0.272 e. The second kappa shape index (κ2) is 10.8. The van der Waals surface area contributed by atoms with Crippen LogP contribution < -0.4 is 9.04 Å². The lowest BCUT2D eigenvalue weighted by molar-refractivity contribution is -0.112. The van der Waals surface area contributed by atoms with Crippen molar-refractivity contribution in [3.63, 3.8) is 0 Å². The molecule has 0 N–H and O–H groups in total. The molecule has 176 valence electrons. The van der Waals surface area contributed by atoms with Crippen LogP contribution in [0.25, 0.3) is 11.6 Å². The molecule has 0 spiro atoms. The van der Waals surface area contributed by atoms with E-state index < -0.39 is 15.9 Å². The van der Waals surface area contributed by atoms with Gasteiger partial charge in [-0.15, -0.1) is 0 Å². The number of carbonyl (C=O) groups is 1. The zero-order valence-corrected chi connectivity index (χ0v) is 20.1. The normalized spacial score (nSPS) is 11.6. The Morgan fingerprint density at radius 1 is 0.771 bits per heavy atom. The number of anilines is 1. The molecule has 5 nitrogen and oxygen atoms in total. The molecule has 1 amide bonds. The van der Waals surface area contributed by atoms with Gasteiger partial charge >= 0.3 is 0 Å². The van der Waals surface area contributed by atoms with Gasteiger partial charge in [-0.05, 0) is 60.5 Å². The molecule has 0 fully saturated rings. The molecule has 0 aliphatic carbocycles. The van der Waals surface area contributed by atoms with Crippen LogP contribution in [0.3, 0.4) is 0 Å². The van der Waals surface area contributed by atoms with Crippen LogP contribution in [0.4, 0.5) is 5.69 Å². The minimum Gasteiger partial charge on any atom is -0.494 e. The molecule has 35 heavy (non-hydrogen) atoms. The van der Waals surface area contributed by atoms with Crippen molar-refractivity contribution in [2.45, 2.75) is 11.8 Å². The van der Waals surface area contributed by atoms with Crippen LogP contribution in [0.5, 0.6) is 5.75 Å². The second-order valence-corrected chi connectivity index (χ2v) is 9.44. The van der Waals surface area contributed by atoms with Gasteiger partial charge in [-0.1, -0.05) is 78.9 Å². The number of rotatable bonds is 8. The highest BCUT2D eigenvalue weighted by molar-refractivity contribution is 7.93. The zero-order chi connectivity index (χ0) is 24.7. The number of sulfonamides is 1. The number of hydrogen-bond acceptors (Lipinski definition) is 4. The van der Waals surface area contributed by atoms with Gasteiger partial charge in [-0.2, -0.15) is 4.31 Å². The molecule has 6 heteroatoms. The summed E-state index contributed by atoms with van der Waals surface area (Å²) in [5.74, 6) is -0.0723. The largest absolute Gasteiger partial charge is 0.494 e. The van der Waals surface area contributed by atoms with Gasteiger partial charge in [0, 0.05) is 5.57 Å². The number of ether oxygens (including phenoxy) is 1. The summed E-state index contributed by atoms with van der Waals surface area (Å²) in [6, 6.07) is 32.8. The molecule has 0 unspecified atom stereocenters. The standard InChI is InChI=1S/C29H25NO4S/c1-2-34-26-20-18-25(19-21-26)30(35(32,33)27-16-10-5-11-17-27)29(31)28(24-14-8-4-9-15-24)22-23-12-6-3-7-13-23/h3-22H,2H2,1H3/b28-22+. The van der Waals surface area contributed by atoms with Crippen molar-refractivity contribution in [1.29, 1.82) is 0 Å². The summed E-state index contributed by atoms with van der Waals surface area (Å²) in [4.78, 5) is 14.1. The predicted molar refractivity (Wildman–Crippen MR) is 139 cm³/mol. The summed E-state index contributed by atoms with van der Waals surface area (Å²) in [5.41, 5.74) is 1.87. The van der Waals surface area contributed by atoms with E-state index in [9.17, 15) is 13.2 Å². The predicted octanol–water partition coefficient (Wildman–Crippen LogP) is 6.05. The average molecular weight is 484 g/mol. The number of carbonyl (C=O) groups excluding carboxylic acids is 1. The molecule has 4 aromatic rings. The molecule has 0 heterocycles. The van der Waals surface area contributed by atoms with Crippen molar-refractivity contribution >= 4 is 33.3 Å². The Morgan fingerprint density at radius 2 is 1.31 bits per heavy atom. The van der Waals surface area contributed by atoms with E-state index in [1.165, 1.54) is 12.1 Å². The molecule has 0 aliphatic heterocycles. The van der Waals surface area contributed by atoms with Crippen molar-refractivity contribution in [3.05, 3.63) is 126 Å². The molecule has 0 atom stereocenters. The maximum atomic E-state index is 14.1. The quantitative estimate of drug-likeness (QED) is 0.226. The summed E-state index contributed by atoms with van der Waals surface area (Å²) in [6.45, 7) is 2.34. The fourth-order valence-electron chi connectivity index (χ4n) is 3.62. The molecular formula is C29H25NO4S. The Labute approximate surface area is 206 Å². The summed E-state index contributed by atoms with van der Waals surface area (Å²) in [6.07, 6.45) is 1.71. The van der Waals surface area contributed by atoms with Crippen LogP contribution in [-0.4, -0.2) is 20.9 Å². The number of hydrogen-bond donors (Lipinski definition) is 0. The summed E-state index contributed by atoms with van der Waals surface area (Å²) in [5, 5.41) is 0. The highest BCUT2D eigenvalue weighted by atomic mass is 32.2. The fourth-order valence-corrected chi connectivity index (χ4v) is 5.05. The summed E-state index contributed by atoms with van der Waals surface area (Å²) in [7, 11) is -4.22. The number of amides is 1. The van der Waals surface area contributed by atoms with Crippen LogP contribution in [0, 0.1) is 0 Å². The van der Waals surface area contributed by atoms with Crippen molar-refractivity contribution in [2.24, 2.45) is 0 Å². The zero-order valence-electron chi connectivity index (χ0n) is 19.2. The molecule has 0 aromatic heterocycles. The maximum absolute atomic E-state index is 14.1. The van der Waals surface area contributed by atoms with Crippen LogP contribution >= 0.6 is 0 Å². The van der Waals surface area contributed by atoms with Gasteiger partial charge in [0.15, 0.2) is 0 Å². The minimum absolute atomic E-state index is 0.0226. The third-order valence-corrected chi connectivity index (χ3v) is 7.00. The van der Waals surface area contributed by atoms with Gasteiger partial charge in [0.2, 0.25) is 0 Å². The summed E-state index contributed by atoms with van der Waals surface area (Å²) < 4.78 is 34.0. The van der Waals surface area contributed by atoms with Gasteiger partial charge in [0.25, 0.3) is 15.9 Å². The first-order chi connectivity index (χ1) is 17.0. The highest BCUT2D eigenvalue weighted by Crippen LogP contribution is 2.31. The number of nitrogens with zero attached hydrogens (tertiary/aromatic N) is 1. The summed E-state index contributed by atoms with van der Waals surface area (Å²) >= 11 is 0. The Balaban J connectivity index is 1.89. The number of benzene rings is 4. The molecule has 4 aromatic carbocycles. The molecule has 4 rings (SSSR count). The van der Waals surface area contributed by atoms with E-state index in [-0.39, 0.29) is 16.2 Å². The van der Waals surface area contributed by atoms with E-state index in [0.29, 0.717) is 17.9 Å². The van der Waals surface area contributed by atoms with Crippen LogP contribution in [0.2, 0.25) is 0 Å². The van der Waals surface area contributed by atoms with Crippen LogP contribution in [0.1, 0.15) is 18.1 Å². The van der Waals surface area contributed by atoms with E-state index in [1.54, 1.807) is 60.7 Å². The Morgan fingerprint density at radius 3 is 1.89 bits per heavy atom. The highest BCUT2D eigenvalue weighted by Gasteiger charge is 2.33. The van der Waals surface area contributed by atoms with Crippen LogP contribution in [0.15, 0.2) is 120 Å². The van der Waals surface area contributed by atoms with Crippen LogP contribution in [-0.2, 0) is 14.8 Å². The van der Waals surface area contributed by atoms with Crippen molar-refractivity contribution < 1.29 is 17.9 Å². The van der Waals surface area contributed by atoms with Gasteiger partial charge < -0.3 is 4.74 Å². The Kier molecular flexibility index (Phi) is 7.43. The molecule has 0 radical (unpaired) electrons. The van der Waals surface area contributed by atoms with E-state index in [4.69, 9.17) is 4.74 Å². The first kappa shape index (κ1) is 24.0. The Hall–Kier alpha value is -4.16. The third-order valence-electron chi connectivity index (χ3n) is 5.27. The first-order valence-corrected chi connectivity index (χ1v) is 12.6. The lowest BCUT2D eigenvalue weighted by atomic mass is 10.0. The van der Waals surface area contributed by atoms with E-state index >= 15 is 0 Å². The second-order valence-electron chi connectivity index (χ2n) is 7.65. The van der Waals surface area contributed by atoms with Gasteiger partial charge in [-0.25, -0.2) is 8.42 Å². The maximum Gasteiger partial charge on any atom is 0.272 e. The monoisotopic (exact) mass is 483 g/mol. The third kappa shape index (κ3) is 5.50. The molecule has 0 aliphatic rings. The Bertz CT molecular complexity index is 1400. The lowest BCUT2D eigenvalue weighted by Crippen LogP contribution is -2.37. The molecular weight excluding hydrogens is 458 g/mol. The van der Waals surface area contributed by atoms with Gasteiger partial charge in [0.05, 0.1) is 17.2 Å². The van der Waals surface area contributed by atoms with Crippen molar-refractivity contribution in [1.82, 2.24) is 0 Å². The van der Waals surface area contributed by atoms with Gasteiger partial charge in [0.1, 0.15) is 5.75 Å². The SMILES string of the molecule is CCOc1ccc(N(C(=O)/C(=C/c2ccccc2)c2ccccc2)S(=O)(=O)c2ccccc2)cc1. The molecule has 0 saturated carbocycles. The first-order valence-electron chi connectivity index (χ1n) is 11.2. The van der Waals surface area contributed by atoms with E-state index in [1.807, 2.05) is 55.5 Å². The van der Waals surface area contributed by atoms with E-state index in [2.05, 4.69) is 0 Å². The lowest BCUT2D eigenvalue weighted by Gasteiger charge is -2.24. The molecule has 0 bridgehead atoms. The van der Waals surface area contributed by atoms with Crippen molar-refractivity contribution in [2.75, 3.05) is 10.9 Å². The topological polar surface area (TPSA) is 63.7 Å². The van der Waals surface area contributed by atoms with Gasteiger partial charge in [-0.3, -0.25) is 4.79 Å². The minimum atomic E-state index is -4.22. The average Bonchev–Trinajstić information content (AvgIpc) is 2.90. The molecule has 0 saturated heterocycles. The van der Waals surface area contributed by atoms with Crippen molar-refractivity contribution in [3.8, 4) is 5.75 Å².